The normalized spacial score (nSPS) is 12.8. The fourth-order valence-electron chi connectivity index (χ4n) is 3.91. The van der Waals surface area contributed by atoms with Gasteiger partial charge in [0.1, 0.15) is 18.3 Å². The first-order valence-electron chi connectivity index (χ1n) is 12.8. The molecule has 0 aliphatic rings. The number of carbonyl (C=O) groups is 2. The number of anilines is 1. The van der Waals surface area contributed by atoms with Gasteiger partial charge in [-0.1, -0.05) is 47.8 Å². The molecule has 0 aliphatic carbocycles. The Hall–Kier alpha value is -2.98. The van der Waals surface area contributed by atoms with Crippen LogP contribution in [0.1, 0.15) is 32.8 Å². The summed E-state index contributed by atoms with van der Waals surface area (Å²) in [6, 6.07) is 15.7. The number of hydrogen-bond donors (Lipinski definition) is 1. The Balaban J connectivity index is 2.06. The number of nitrogens with zero attached hydrogens (tertiary/aromatic N) is 2. The van der Waals surface area contributed by atoms with Gasteiger partial charge in [0.15, 0.2) is 0 Å². The van der Waals surface area contributed by atoms with Crippen molar-refractivity contribution in [3.8, 4) is 5.75 Å². The third-order valence-electron chi connectivity index (χ3n) is 6.60. The highest BCUT2D eigenvalue weighted by Crippen LogP contribution is 2.29. The molecule has 0 saturated heterocycles. The largest absolute Gasteiger partial charge is 0.497 e. The summed E-state index contributed by atoms with van der Waals surface area (Å²) < 4.78 is 33.9. The van der Waals surface area contributed by atoms with E-state index in [-0.39, 0.29) is 23.2 Å². The van der Waals surface area contributed by atoms with Crippen LogP contribution in [-0.4, -0.2) is 50.9 Å². The van der Waals surface area contributed by atoms with Gasteiger partial charge in [0.05, 0.1) is 17.7 Å². The second-order valence-electron chi connectivity index (χ2n) is 9.38. The van der Waals surface area contributed by atoms with Crippen LogP contribution in [0.3, 0.4) is 0 Å². The highest BCUT2D eigenvalue weighted by Gasteiger charge is 2.33. The number of halogens is 3. The van der Waals surface area contributed by atoms with Crippen molar-refractivity contribution >= 4 is 62.3 Å². The van der Waals surface area contributed by atoms with Crippen molar-refractivity contribution in [1.29, 1.82) is 0 Å². The Morgan fingerprint density at radius 1 is 0.927 bits per heavy atom. The minimum Gasteiger partial charge on any atom is -0.497 e. The maximum absolute atomic E-state index is 14.0. The molecule has 1 N–H and O–H groups in total. The minimum absolute atomic E-state index is 0.0516. The van der Waals surface area contributed by atoms with Gasteiger partial charge in [0, 0.05) is 33.2 Å². The molecular weight excluding hydrogens is 609 g/mol. The van der Waals surface area contributed by atoms with Crippen molar-refractivity contribution in [2.45, 2.75) is 50.7 Å². The van der Waals surface area contributed by atoms with Crippen LogP contribution < -0.4 is 14.4 Å². The highest BCUT2D eigenvalue weighted by molar-refractivity contribution is 7.92. The van der Waals surface area contributed by atoms with Gasteiger partial charge in [0.25, 0.3) is 10.0 Å². The van der Waals surface area contributed by atoms with Crippen molar-refractivity contribution in [2.24, 2.45) is 0 Å². The zero-order valence-corrected chi connectivity index (χ0v) is 26.2. The van der Waals surface area contributed by atoms with E-state index >= 15 is 0 Å². The summed E-state index contributed by atoms with van der Waals surface area (Å²) in [5.74, 6) is -0.561. The van der Waals surface area contributed by atoms with Gasteiger partial charge in [-0.15, -0.1) is 0 Å². The number of ether oxygens (including phenoxy) is 1. The lowest BCUT2D eigenvalue weighted by atomic mass is 10.1. The SMILES string of the molecule is CC[C@@H](C)NC(=O)[C@@H](C)N(Cc1c(Cl)cccc1Cl)C(=O)CN(c1ccc(Cl)cc1)S(=O)(=O)c1ccc(OC)cc1. The summed E-state index contributed by atoms with van der Waals surface area (Å²) in [6.07, 6.45) is 0.688. The fraction of sp³-hybridized carbons (Fsp3) is 0.310. The van der Waals surface area contributed by atoms with Gasteiger partial charge in [-0.25, -0.2) is 8.42 Å². The smallest absolute Gasteiger partial charge is 0.264 e. The van der Waals surface area contributed by atoms with Crippen molar-refractivity contribution in [3.05, 3.63) is 87.4 Å². The van der Waals surface area contributed by atoms with Crippen molar-refractivity contribution in [1.82, 2.24) is 10.2 Å². The first-order chi connectivity index (χ1) is 19.4. The zero-order valence-electron chi connectivity index (χ0n) is 23.1. The molecule has 2 atom stereocenters. The summed E-state index contributed by atoms with van der Waals surface area (Å²) in [5.41, 5.74) is 0.648. The van der Waals surface area contributed by atoms with Gasteiger partial charge in [0.2, 0.25) is 11.8 Å². The van der Waals surface area contributed by atoms with Crippen LogP contribution >= 0.6 is 34.8 Å². The quantitative estimate of drug-likeness (QED) is 0.255. The molecule has 0 heterocycles. The lowest BCUT2D eigenvalue weighted by Crippen LogP contribution is -2.52. The molecule has 3 aromatic rings. The molecule has 0 fully saturated rings. The molecule has 3 aromatic carbocycles. The lowest BCUT2D eigenvalue weighted by Gasteiger charge is -2.32. The molecule has 0 aliphatic heterocycles. The van der Waals surface area contributed by atoms with Crippen LogP contribution in [0.25, 0.3) is 0 Å². The van der Waals surface area contributed by atoms with E-state index in [0.29, 0.717) is 32.8 Å². The van der Waals surface area contributed by atoms with E-state index in [9.17, 15) is 18.0 Å². The van der Waals surface area contributed by atoms with Gasteiger partial charge >= 0.3 is 0 Å². The third kappa shape index (κ3) is 8.07. The van der Waals surface area contributed by atoms with E-state index in [1.54, 1.807) is 25.1 Å². The van der Waals surface area contributed by atoms with Crippen LogP contribution in [0.5, 0.6) is 5.75 Å². The molecule has 41 heavy (non-hydrogen) atoms. The van der Waals surface area contributed by atoms with Gasteiger partial charge in [-0.05, 0) is 80.9 Å². The second kappa shape index (κ2) is 14.3. The van der Waals surface area contributed by atoms with Gasteiger partial charge in [-0.2, -0.15) is 0 Å². The predicted molar refractivity (Wildman–Crippen MR) is 163 cm³/mol. The van der Waals surface area contributed by atoms with E-state index in [1.165, 1.54) is 60.5 Å². The average Bonchev–Trinajstić information content (AvgIpc) is 2.95. The van der Waals surface area contributed by atoms with Crippen LogP contribution in [0, 0.1) is 0 Å². The first-order valence-corrected chi connectivity index (χ1v) is 15.4. The summed E-state index contributed by atoms with van der Waals surface area (Å²) >= 11 is 18.9. The van der Waals surface area contributed by atoms with E-state index in [0.717, 1.165) is 4.31 Å². The van der Waals surface area contributed by atoms with E-state index in [1.807, 2.05) is 13.8 Å². The molecule has 3 rings (SSSR count). The molecule has 8 nitrogen and oxygen atoms in total. The van der Waals surface area contributed by atoms with Crippen molar-refractivity contribution in [3.63, 3.8) is 0 Å². The Kier molecular flexibility index (Phi) is 11.3. The number of benzene rings is 3. The second-order valence-corrected chi connectivity index (χ2v) is 12.5. The predicted octanol–water partition coefficient (Wildman–Crippen LogP) is 6.18. The van der Waals surface area contributed by atoms with Gasteiger partial charge in [-0.3, -0.25) is 13.9 Å². The Morgan fingerprint density at radius 3 is 2.05 bits per heavy atom. The third-order valence-corrected chi connectivity index (χ3v) is 9.35. The first kappa shape index (κ1) is 32.5. The van der Waals surface area contributed by atoms with Gasteiger partial charge < -0.3 is 15.0 Å². The number of sulfonamides is 1. The molecule has 2 amide bonds. The average molecular weight is 641 g/mol. The zero-order chi connectivity index (χ0) is 30.3. The standard InChI is InChI=1S/C29H32Cl3N3O5S/c1-5-19(2)33-29(37)20(3)34(17-25-26(31)7-6-8-27(25)32)28(36)18-35(22-11-9-21(30)10-12-22)41(38,39)24-15-13-23(40-4)14-16-24/h6-16,19-20H,5,17-18H2,1-4H3,(H,33,37)/t19-,20-/m1/s1. The van der Waals surface area contributed by atoms with Crippen LogP contribution in [0.2, 0.25) is 15.1 Å². The summed E-state index contributed by atoms with van der Waals surface area (Å²) in [4.78, 5) is 28.4. The molecule has 0 radical (unpaired) electrons. The molecule has 0 spiro atoms. The molecule has 0 unspecified atom stereocenters. The molecule has 220 valence electrons. The Labute approximate surface area is 256 Å². The van der Waals surface area contributed by atoms with Crippen LogP contribution in [0.4, 0.5) is 5.69 Å². The van der Waals surface area contributed by atoms with Crippen molar-refractivity contribution in [2.75, 3.05) is 18.0 Å². The summed E-state index contributed by atoms with van der Waals surface area (Å²) in [5, 5.41) is 3.90. The maximum Gasteiger partial charge on any atom is 0.264 e. The lowest BCUT2D eigenvalue weighted by molar-refractivity contribution is -0.139. The molecule has 0 saturated carbocycles. The van der Waals surface area contributed by atoms with Crippen LogP contribution in [0.15, 0.2) is 71.6 Å². The number of methoxy groups -OCH3 is 1. The van der Waals surface area contributed by atoms with E-state index in [2.05, 4.69) is 5.32 Å². The molecule has 12 heteroatoms. The summed E-state index contributed by atoms with van der Waals surface area (Å²) in [6.45, 7) is 4.62. The molecular formula is C29H32Cl3N3O5S. The fourth-order valence-corrected chi connectivity index (χ4v) is 5.97. The minimum atomic E-state index is -4.24. The van der Waals surface area contributed by atoms with Crippen molar-refractivity contribution < 1.29 is 22.7 Å². The van der Waals surface area contributed by atoms with E-state index < -0.39 is 34.4 Å². The number of nitrogens with one attached hydrogen (secondary N) is 1. The number of amides is 2. The molecule has 0 bridgehead atoms. The number of hydrogen-bond acceptors (Lipinski definition) is 5. The Morgan fingerprint density at radius 2 is 1.51 bits per heavy atom. The number of carbonyl (C=O) groups excluding carboxylic acids is 2. The summed E-state index contributed by atoms with van der Waals surface area (Å²) in [7, 11) is -2.77. The molecule has 0 aromatic heterocycles. The van der Waals surface area contributed by atoms with E-state index in [4.69, 9.17) is 39.5 Å². The maximum atomic E-state index is 14.0. The Bertz CT molecular complexity index is 1450. The van der Waals surface area contributed by atoms with Crippen LogP contribution in [-0.2, 0) is 26.2 Å². The highest BCUT2D eigenvalue weighted by atomic mass is 35.5. The topological polar surface area (TPSA) is 96.0 Å². The monoisotopic (exact) mass is 639 g/mol. The number of rotatable bonds is 12.